The van der Waals surface area contributed by atoms with Crippen LogP contribution in [0.3, 0.4) is 0 Å². The largest absolute Gasteiger partial charge is 0.460 e. The first-order chi connectivity index (χ1) is 11.5. The van der Waals surface area contributed by atoms with Crippen molar-refractivity contribution in [2.24, 2.45) is 0 Å². The van der Waals surface area contributed by atoms with Gasteiger partial charge in [-0.3, -0.25) is 0 Å². The Hall–Kier alpha value is -2.29. The Kier molecular flexibility index (Phi) is 4.61. The molecule has 0 fully saturated rings. The third-order valence-corrected chi connectivity index (χ3v) is 3.79. The van der Waals surface area contributed by atoms with Crippen molar-refractivity contribution in [3.63, 3.8) is 0 Å². The van der Waals surface area contributed by atoms with Crippen molar-refractivity contribution >= 4 is 33.0 Å². The number of carbonyl (C=O) groups excluding carboxylic acids is 1. The predicted molar refractivity (Wildman–Crippen MR) is 88.6 cm³/mol. The number of aromatic nitrogens is 5. The van der Waals surface area contributed by atoms with E-state index in [0.29, 0.717) is 39.3 Å². The summed E-state index contributed by atoms with van der Waals surface area (Å²) < 4.78 is 12.7. The molecule has 0 aliphatic rings. The minimum atomic E-state index is -0.435. The van der Waals surface area contributed by atoms with Crippen molar-refractivity contribution in [1.29, 1.82) is 0 Å². The van der Waals surface area contributed by atoms with Crippen LogP contribution in [0, 0.1) is 6.92 Å². The minimum Gasteiger partial charge on any atom is -0.460 e. The molecule has 0 bridgehead atoms. The number of halogens is 1. The number of hydrogen-bond acceptors (Lipinski definition) is 7. The fourth-order valence-corrected chi connectivity index (χ4v) is 2.64. The van der Waals surface area contributed by atoms with Gasteiger partial charge in [-0.05, 0) is 34.8 Å². The van der Waals surface area contributed by atoms with Crippen molar-refractivity contribution in [3.05, 3.63) is 34.1 Å². The molecule has 3 heterocycles. The van der Waals surface area contributed by atoms with Crippen molar-refractivity contribution in [2.75, 3.05) is 6.61 Å². The van der Waals surface area contributed by atoms with Crippen LogP contribution < -0.4 is 0 Å². The summed E-state index contributed by atoms with van der Waals surface area (Å²) in [4.78, 5) is 20.7. The van der Waals surface area contributed by atoms with Crippen LogP contribution in [0.1, 0.15) is 41.5 Å². The summed E-state index contributed by atoms with van der Waals surface area (Å²) >= 11 is 3.17. The second kappa shape index (κ2) is 6.68. The maximum atomic E-state index is 12.5. The van der Waals surface area contributed by atoms with Gasteiger partial charge in [0.25, 0.3) is 5.71 Å². The van der Waals surface area contributed by atoms with E-state index in [1.807, 2.05) is 13.8 Å². The van der Waals surface area contributed by atoms with E-state index in [0.717, 1.165) is 0 Å². The Morgan fingerprint density at radius 1 is 1.46 bits per heavy atom. The van der Waals surface area contributed by atoms with Crippen LogP contribution >= 0.6 is 15.9 Å². The summed E-state index contributed by atoms with van der Waals surface area (Å²) in [5, 5.41) is 8.72. The van der Waals surface area contributed by atoms with Gasteiger partial charge in [0.15, 0.2) is 0 Å². The minimum absolute atomic E-state index is 0.106. The van der Waals surface area contributed by atoms with Gasteiger partial charge < -0.3 is 9.26 Å². The van der Waals surface area contributed by atoms with Gasteiger partial charge in [-0.15, -0.1) is 5.10 Å². The van der Waals surface area contributed by atoms with Gasteiger partial charge in [-0.1, -0.05) is 19.0 Å². The lowest BCUT2D eigenvalue weighted by atomic mass is 10.0. The maximum absolute atomic E-state index is 12.5. The molecule has 0 N–H and O–H groups in total. The van der Waals surface area contributed by atoms with Gasteiger partial charge in [-0.2, -0.15) is 0 Å². The molecule has 0 aliphatic carbocycles. The van der Waals surface area contributed by atoms with Crippen LogP contribution in [0.25, 0.3) is 11.1 Å². The van der Waals surface area contributed by atoms with Crippen LogP contribution in [0.15, 0.2) is 21.7 Å². The Morgan fingerprint density at radius 3 is 2.92 bits per heavy atom. The highest BCUT2D eigenvalue weighted by Crippen LogP contribution is 2.28. The summed E-state index contributed by atoms with van der Waals surface area (Å²) in [6, 6.07) is 1.69. The highest BCUT2D eigenvalue weighted by atomic mass is 79.9. The quantitative estimate of drug-likeness (QED) is 0.614. The van der Waals surface area contributed by atoms with E-state index < -0.39 is 5.97 Å². The summed E-state index contributed by atoms with van der Waals surface area (Å²) in [6.45, 7) is 6.35. The van der Waals surface area contributed by atoms with Crippen LogP contribution in [-0.4, -0.2) is 37.5 Å². The zero-order valence-corrected chi connectivity index (χ0v) is 15.1. The molecule has 0 saturated heterocycles. The molecule has 0 spiro atoms. The number of nitrogens with zero attached hydrogens (tertiary/aromatic N) is 5. The highest BCUT2D eigenvalue weighted by molar-refractivity contribution is 9.10. The molecule has 126 valence electrons. The molecule has 3 aromatic rings. The lowest BCUT2D eigenvalue weighted by molar-refractivity contribution is 0.0489. The zero-order valence-electron chi connectivity index (χ0n) is 13.5. The maximum Gasteiger partial charge on any atom is 0.339 e. The highest BCUT2D eigenvalue weighted by Gasteiger charge is 2.22. The van der Waals surface area contributed by atoms with E-state index in [9.17, 15) is 4.79 Å². The van der Waals surface area contributed by atoms with Gasteiger partial charge in [0.05, 0.1) is 23.2 Å². The van der Waals surface area contributed by atoms with Crippen molar-refractivity contribution in [1.82, 2.24) is 24.9 Å². The van der Waals surface area contributed by atoms with E-state index in [4.69, 9.17) is 9.26 Å². The monoisotopic (exact) mass is 393 g/mol. The van der Waals surface area contributed by atoms with Crippen molar-refractivity contribution in [2.45, 2.75) is 33.2 Å². The molecule has 0 aliphatic heterocycles. The van der Waals surface area contributed by atoms with Crippen LogP contribution in [0.5, 0.6) is 0 Å². The number of hydrogen-bond donors (Lipinski definition) is 0. The number of aryl methyl sites for hydroxylation is 1. The molecule has 0 amide bonds. The van der Waals surface area contributed by atoms with Crippen LogP contribution in [0.4, 0.5) is 0 Å². The van der Waals surface area contributed by atoms with Crippen molar-refractivity contribution < 1.29 is 14.1 Å². The third kappa shape index (κ3) is 3.30. The number of ether oxygens (including phenoxy) is 1. The number of esters is 1. The van der Waals surface area contributed by atoms with Gasteiger partial charge in [0.1, 0.15) is 12.9 Å². The molecule has 0 saturated carbocycles. The summed E-state index contributed by atoms with van der Waals surface area (Å²) in [5.41, 5.74) is 2.14. The van der Waals surface area contributed by atoms with Crippen molar-refractivity contribution in [3.8, 4) is 0 Å². The van der Waals surface area contributed by atoms with E-state index in [-0.39, 0.29) is 12.5 Å². The Bertz CT molecular complexity index is 886. The van der Waals surface area contributed by atoms with E-state index in [1.54, 1.807) is 24.0 Å². The summed E-state index contributed by atoms with van der Waals surface area (Å²) in [6.07, 6.45) is 1.56. The normalized spacial score (nSPS) is 11.4. The first-order valence-corrected chi connectivity index (χ1v) is 8.24. The smallest absolute Gasteiger partial charge is 0.339 e. The first-order valence-electron chi connectivity index (χ1n) is 7.44. The number of rotatable bonds is 5. The topological polar surface area (TPSA) is 95.9 Å². The molecular formula is C15H16BrN5O3. The molecular weight excluding hydrogens is 378 g/mol. The first kappa shape index (κ1) is 16.6. The zero-order chi connectivity index (χ0) is 17.3. The predicted octanol–water partition coefficient (Wildman–Crippen LogP) is 2.87. The fourth-order valence-electron chi connectivity index (χ4n) is 2.34. The molecule has 9 heteroatoms. The van der Waals surface area contributed by atoms with Crippen LogP contribution in [0.2, 0.25) is 0 Å². The second-order valence-corrected chi connectivity index (χ2v) is 6.34. The van der Waals surface area contributed by atoms with Gasteiger partial charge in [0.2, 0.25) is 4.73 Å². The SMILES string of the molecule is Cc1cc(C(=O)OCCn2cnc(Br)n2)c2c(C(C)C)noc2n1. The molecule has 0 aromatic carbocycles. The third-order valence-electron chi connectivity index (χ3n) is 3.43. The Labute approximate surface area is 146 Å². The summed E-state index contributed by atoms with van der Waals surface area (Å²) in [5.74, 6) is -0.329. The Balaban J connectivity index is 1.82. The van der Waals surface area contributed by atoms with E-state index in [1.165, 1.54) is 0 Å². The molecule has 3 aromatic heterocycles. The Morgan fingerprint density at radius 2 is 2.25 bits per heavy atom. The average molecular weight is 394 g/mol. The molecule has 3 rings (SSSR count). The molecule has 0 atom stereocenters. The average Bonchev–Trinajstić information content (AvgIpc) is 3.12. The standard InChI is InChI=1S/C15H16BrN5O3/c1-8(2)12-11-10(6-9(3)18-13(11)24-20-12)14(22)23-5-4-21-7-17-15(16)19-21/h6-8H,4-5H2,1-3H3. The number of carbonyl (C=O) groups is 1. The summed E-state index contributed by atoms with van der Waals surface area (Å²) in [7, 11) is 0. The van der Waals surface area contributed by atoms with E-state index in [2.05, 4.69) is 36.2 Å². The molecule has 0 radical (unpaired) electrons. The van der Waals surface area contributed by atoms with Gasteiger partial charge in [-0.25, -0.2) is 19.4 Å². The molecule has 8 nitrogen and oxygen atoms in total. The fraction of sp³-hybridized carbons (Fsp3) is 0.400. The molecule has 24 heavy (non-hydrogen) atoms. The number of fused-ring (bicyclic) bond motifs is 1. The van der Waals surface area contributed by atoms with E-state index >= 15 is 0 Å². The van der Waals surface area contributed by atoms with Gasteiger partial charge in [0, 0.05) is 5.69 Å². The van der Waals surface area contributed by atoms with Crippen LogP contribution in [-0.2, 0) is 11.3 Å². The number of pyridine rings is 1. The lowest BCUT2D eigenvalue weighted by Crippen LogP contribution is -2.13. The second-order valence-electron chi connectivity index (χ2n) is 5.63. The molecule has 0 unspecified atom stereocenters. The van der Waals surface area contributed by atoms with Gasteiger partial charge >= 0.3 is 5.97 Å². The lowest BCUT2D eigenvalue weighted by Gasteiger charge is -2.07.